The monoisotopic (exact) mass is 408 g/mol. The Morgan fingerprint density at radius 1 is 0.833 bits per heavy atom. The maximum atomic E-state index is 10.7. The van der Waals surface area contributed by atoms with Gasteiger partial charge in [0, 0.05) is 5.41 Å². The van der Waals surface area contributed by atoms with Crippen molar-refractivity contribution in [3.05, 3.63) is 70.3 Å². The predicted molar refractivity (Wildman–Crippen MR) is 129 cm³/mol. The summed E-state index contributed by atoms with van der Waals surface area (Å²) < 4.78 is 0. The van der Waals surface area contributed by atoms with Gasteiger partial charge >= 0.3 is 0 Å². The second kappa shape index (κ2) is 10.3. The molecule has 2 aromatic rings. The van der Waals surface area contributed by atoms with Crippen molar-refractivity contribution in [3.63, 3.8) is 0 Å². The average Bonchev–Trinajstić information content (AvgIpc) is 2.76. The van der Waals surface area contributed by atoms with Crippen LogP contribution in [-0.4, -0.2) is 15.8 Å². The molecule has 0 atom stereocenters. The fourth-order valence-corrected chi connectivity index (χ4v) is 4.47. The van der Waals surface area contributed by atoms with Crippen LogP contribution in [0, 0.1) is 6.92 Å². The van der Waals surface area contributed by atoms with Gasteiger partial charge in [-0.2, -0.15) is 0 Å². The lowest BCUT2D eigenvalue weighted by Gasteiger charge is -2.34. The number of aliphatic hydroxyl groups is 1. The van der Waals surface area contributed by atoms with Crippen LogP contribution in [-0.2, 0) is 11.8 Å². The molecule has 0 saturated carbocycles. The molecule has 2 N–H and O–H groups in total. The normalized spacial score (nSPS) is 12.6. The zero-order chi connectivity index (χ0) is 22.4. The van der Waals surface area contributed by atoms with E-state index in [0.29, 0.717) is 5.75 Å². The lowest BCUT2D eigenvalue weighted by molar-refractivity contribution is 0.0836. The van der Waals surface area contributed by atoms with Gasteiger partial charge in [0.1, 0.15) is 5.75 Å². The largest absolute Gasteiger partial charge is 0.508 e. The van der Waals surface area contributed by atoms with Gasteiger partial charge in [0.05, 0.1) is 5.60 Å². The fourth-order valence-electron chi connectivity index (χ4n) is 4.47. The van der Waals surface area contributed by atoms with Crippen LogP contribution in [0.15, 0.2) is 42.5 Å². The Bertz CT molecular complexity index is 855. The summed E-state index contributed by atoms with van der Waals surface area (Å²) in [5.41, 5.74) is 5.25. The van der Waals surface area contributed by atoms with Gasteiger partial charge in [0.25, 0.3) is 0 Å². The first-order valence-electron chi connectivity index (χ1n) is 11.6. The van der Waals surface area contributed by atoms with Crippen LogP contribution in [0.2, 0.25) is 0 Å². The lowest BCUT2D eigenvalue weighted by atomic mass is 9.69. The van der Waals surface area contributed by atoms with Gasteiger partial charge in [-0.25, -0.2) is 0 Å². The van der Waals surface area contributed by atoms with Crippen molar-refractivity contribution in [1.82, 2.24) is 0 Å². The summed E-state index contributed by atoms with van der Waals surface area (Å²) in [6.07, 6.45) is 9.61. The number of benzene rings is 2. The van der Waals surface area contributed by atoms with Crippen molar-refractivity contribution in [1.29, 1.82) is 0 Å². The van der Waals surface area contributed by atoms with Gasteiger partial charge in [-0.1, -0.05) is 83.5 Å². The third-order valence-electron chi connectivity index (χ3n) is 6.97. The van der Waals surface area contributed by atoms with E-state index in [2.05, 4.69) is 57.2 Å². The first-order valence-corrected chi connectivity index (χ1v) is 11.6. The smallest absolute Gasteiger partial charge is 0.118 e. The molecule has 0 aliphatic carbocycles. The molecule has 0 aliphatic rings. The minimum Gasteiger partial charge on any atom is -0.508 e. The Hall–Kier alpha value is -2.06. The second-order valence-electron chi connectivity index (χ2n) is 8.60. The Morgan fingerprint density at radius 2 is 1.43 bits per heavy atom. The number of aromatic hydroxyl groups is 1. The SMILES string of the molecule is CCCc1cc(C(CC)(CC)c2ccc(O)c(C)c2)ccc1C=CC(O)(CC)CC. The van der Waals surface area contributed by atoms with Gasteiger partial charge in [-0.3, -0.25) is 0 Å². The number of rotatable bonds is 10. The van der Waals surface area contributed by atoms with Gasteiger partial charge in [-0.05, 0) is 72.9 Å². The zero-order valence-corrected chi connectivity index (χ0v) is 19.8. The van der Waals surface area contributed by atoms with E-state index >= 15 is 0 Å². The molecule has 0 aromatic heterocycles. The van der Waals surface area contributed by atoms with Crippen LogP contribution in [0.4, 0.5) is 0 Å². The van der Waals surface area contributed by atoms with E-state index in [1.165, 1.54) is 22.3 Å². The number of phenolic OH excluding ortho intramolecular Hbond substituents is 1. The predicted octanol–water partition coefficient (Wildman–Crippen LogP) is 7.32. The van der Waals surface area contributed by atoms with E-state index in [9.17, 15) is 10.2 Å². The van der Waals surface area contributed by atoms with E-state index in [1.54, 1.807) is 0 Å². The molecule has 2 heteroatoms. The lowest BCUT2D eigenvalue weighted by Crippen LogP contribution is -2.26. The summed E-state index contributed by atoms with van der Waals surface area (Å²) >= 11 is 0. The van der Waals surface area contributed by atoms with Crippen LogP contribution in [0.1, 0.15) is 94.5 Å². The van der Waals surface area contributed by atoms with Crippen LogP contribution in [0.5, 0.6) is 5.75 Å². The Balaban J connectivity index is 2.57. The first kappa shape index (κ1) is 24.2. The van der Waals surface area contributed by atoms with Gasteiger partial charge in [-0.15, -0.1) is 0 Å². The highest BCUT2D eigenvalue weighted by Gasteiger charge is 2.31. The van der Waals surface area contributed by atoms with Crippen LogP contribution in [0.3, 0.4) is 0 Å². The molecule has 0 amide bonds. The standard InChI is InChI=1S/C28H40O2/c1-7-12-23-20-25(14-13-22(23)17-18-27(30,8-2)9-3)28(10-4,11-5)24-15-16-26(29)21(6)19-24/h13-20,29-30H,7-12H2,1-6H3. The first-order chi connectivity index (χ1) is 14.3. The average molecular weight is 409 g/mol. The molecule has 164 valence electrons. The Kier molecular flexibility index (Phi) is 8.32. The van der Waals surface area contributed by atoms with E-state index in [-0.39, 0.29) is 5.41 Å². The third-order valence-corrected chi connectivity index (χ3v) is 6.97. The molecule has 0 heterocycles. The molecule has 0 saturated heterocycles. The van der Waals surface area contributed by atoms with Crippen LogP contribution >= 0.6 is 0 Å². The maximum absolute atomic E-state index is 10.7. The molecular formula is C28H40O2. The molecule has 0 aliphatic heterocycles. The molecule has 2 rings (SSSR count). The summed E-state index contributed by atoms with van der Waals surface area (Å²) in [5.74, 6) is 0.353. The van der Waals surface area contributed by atoms with Crippen molar-refractivity contribution in [2.75, 3.05) is 0 Å². The minimum atomic E-state index is -0.734. The van der Waals surface area contributed by atoms with Crippen molar-refractivity contribution >= 4 is 6.08 Å². The number of hydrogen-bond donors (Lipinski definition) is 2. The molecule has 0 radical (unpaired) electrons. The molecule has 0 unspecified atom stereocenters. The number of hydrogen-bond acceptors (Lipinski definition) is 2. The summed E-state index contributed by atoms with van der Waals surface area (Å²) in [5, 5.41) is 20.7. The number of aryl methyl sites for hydroxylation is 2. The third kappa shape index (κ3) is 4.98. The minimum absolute atomic E-state index is 0.0726. The van der Waals surface area contributed by atoms with Crippen molar-refractivity contribution in [2.45, 2.75) is 91.1 Å². The highest BCUT2D eigenvalue weighted by molar-refractivity contribution is 5.57. The fraction of sp³-hybridized carbons (Fsp3) is 0.500. The summed E-state index contributed by atoms with van der Waals surface area (Å²) in [6, 6.07) is 12.9. The molecule has 0 fully saturated rings. The Labute approximate surface area is 183 Å². The van der Waals surface area contributed by atoms with Gasteiger partial charge < -0.3 is 10.2 Å². The van der Waals surface area contributed by atoms with Gasteiger partial charge in [0.15, 0.2) is 0 Å². The maximum Gasteiger partial charge on any atom is 0.118 e. The quantitative estimate of drug-likeness (QED) is 0.432. The van der Waals surface area contributed by atoms with E-state index < -0.39 is 5.60 Å². The van der Waals surface area contributed by atoms with Crippen LogP contribution < -0.4 is 0 Å². The molecule has 0 spiro atoms. The highest BCUT2D eigenvalue weighted by Crippen LogP contribution is 2.41. The Morgan fingerprint density at radius 3 is 1.97 bits per heavy atom. The highest BCUT2D eigenvalue weighted by atomic mass is 16.3. The molecule has 2 nitrogen and oxygen atoms in total. The zero-order valence-electron chi connectivity index (χ0n) is 19.8. The van der Waals surface area contributed by atoms with Crippen molar-refractivity contribution in [3.8, 4) is 5.75 Å². The second-order valence-corrected chi connectivity index (χ2v) is 8.60. The van der Waals surface area contributed by atoms with Crippen LogP contribution in [0.25, 0.3) is 6.08 Å². The summed E-state index contributed by atoms with van der Waals surface area (Å²) in [6.45, 7) is 12.7. The summed E-state index contributed by atoms with van der Waals surface area (Å²) in [7, 11) is 0. The summed E-state index contributed by atoms with van der Waals surface area (Å²) in [4.78, 5) is 0. The van der Waals surface area contributed by atoms with E-state index in [4.69, 9.17) is 0 Å². The molecule has 30 heavy (non-hydrogen) atoms. The topological polar surface area (TPSA) is 40.5 Å². The van der Waals surface area contributed by atoms with E-state index in [1.807, 2.05) is 32.9 Å². The molecule has 2 aromatic carbocycles. The molecular weight excluding hydrogens is 368 g/mol. The number of phenols is 1. The van der Waals surface area contributed by atoms with E-state index in [0.717, 1.165) is 44.1 Å². The van der Waals surface area contributed by atoms with Crippen molar-refractivity contribution < 1.29 is 10.2 Å². The van der Waals surface area contributed by atoms with Crippen molar-refractivity contribution in [2.24, 2.45) is 0 Å². The molecule has 0 bridgehead atoms. The van der Waals surface area contributed by atoms with Gasteiger partial charge in [0.2, 0.25) is 0 Å².